The summed E-state index contributed by atoms with van der Waals surface area (Å²) in [5, 5.41) is 0. The lowest BCUT2D eigenvalue weighted by atomic mass is 9.87. The molecule has 1 aromatic carbocycles. The van der Waals surface area contributed by atoms with Crippen LogP contribution >= 0.6 is 12.8 Å². The second-order valence-corrected chi connectivity index (χ2v) is 6.87. The Morgan fingerprint density at radius 2 is 2.09 bits per heavy atom. The largest absolute Gasteiger partial charge is 0.465 e. The Hall–Kier alpha value is -1.33. The fourth-order valence-electron chi connectivity index (χ4n) is 3.88. The maximum absolute atomic E-state index is 12.8. The average molecular weight is 333 g/mol. The van der Waals surface area contributed by atoms with Crippen molar-refractivity contribution in [3.63, 3.8) is 0 Å². The third-order valence-corrected chi connectivity index (χ3v) is 5.47. The first-order valence-electron chi connectivity index (χ1n) is 8.34. The fourth-order valence-corrected chi connectivity index (χ4v) is 4.25. The topological polar surface area (TPSA) is 46.6 Å². The zero-order valence-electron chi connectivity index (χ0n) is 13.4. The molecule has 1 heterocycles. The van der Waals surface area contributed by atoms with Gasteiger partial charge in [-0.05, 0) is 43.2 Å². The number of hydrogen-bond donors (Lipinski definition) is 1. The highest BCUT2D eigenvalue weighted by atomic mass is 32.1. The maximum atomic E-state index is 12.8. The lowest BCUT2D eigenvalue weighted by Gasteiger charge is -2.22. The Kier molecular flexibility index (Phi) is 5.07. The summed E-state index contributed by atoms with van der Waals surface area (Å²) in [4.78, 5) is 24.9. The molecule has 2 aliphatic rings. The van der Waals surface area contributed by atoms with Gasteiger partial charge in [0.25, 0.3) is 0 Å². The van der Waals surface area contributed by atoms with Crippen LogP contribution in [0.15, 0.2) is 24.3 Å². The van der Waals surface area contributed by atoms with Crippen LogP contribution in [0, 0.1) is 5.92 Å². The van der Waals surface area contributed by atoms with E-state index in [1.807, 2.05) is 6.07 Å². The van der Waals surface area contributed by atoms with Crippen LogP contribution in [0.4, 0.5) is 0 Å². The van der Waals surface area contributed by atoms with Crippen LogP contribution in [-0.4, -0.2) is 35.3 Å². The number of ketones is 1. The molecule has 1 fully saturated rings. The maximum Gasteiger partial charge on any atom is 0.324 e. The first-order valence-corrected chi connectivity index (χ1v) is 8.74. The van der Waals surface area contributed by atoms with Gasteiger partial charge in [-0.15, -0.1) is 0 Å². The van der Waals surface area contributed by atoms with E-state index in [1.54, 1.807) is 11.2 Å². The van der Waals surface area contributed by atoms with Gasteiger partial charge in [0, 0.05) is 18.9 Å². The molecule has 1 aromatic rings. The minimum Gasteiger partial charge on any atom is -0.465 e. The van der Waals surface area contributed by atoms with Crippen molar-refractivity contribution in [1.82, 2.24) is 4.31 Å². The summed E-state index contributed by atoms with van der Waals surface area (Å²) in [6, 6.07) is 7.82. The van der Waals surface area contributed by atoms with Gasteiger partial charge in [-0.25, -0.2) is 4.31 Å². The van der Waals surface area contributed by atoms with Gasteiger partial charge in [0.1, 0.15) is 11.8 Å². The van der Waals surface area contributed by atoms with Crippen LogP contribution in [0.2, 0.25) is 0 Å². The number of carbonyl (C=O) groups excluding carboxylic acids is 2. The van der Waals surface area contributed by atoms with E-state index in [1.165, 1.54) is 11.1 Å². The van der Waals surface area contributed by atoms with Crippen LogP contribution in [0.5, 0.6) is 0 Å². The van der Waals surface area contributed by atoms with Crippen molar-refractivity contribution in [2.45, 2.75) is 44.6 Å². The fraction of sp³-hybridized carbons (Fsp3) is 0.556. The molecular weight excluding hydrogens is 310 g/mol. The van der Waals surface area contributed by atoms with Gasteiger partial charge >= 0.3 is 5.97 Å². The van der Waals surface area contributed by atoms with Gasteiger partial charge in [-0.2, -0.15) is 0 Å². The van der Waals surface area contributed by atoms with Crippen molar-refractivity contribution in [2.24, 2.45) is 5.92 Å². The monoisotopic (exact) mass is 333 g/mol. The predicted octanol–water partition coefficient (Wildman–Crippen LogP) is 2.77. The molecule has 0 saturated carbocycles. The standard InChI is InChI=1S/C18H23NO3S/c1-2-22-18(21)17-15(9-10-19(17)23)16(20)11-13-8-7-12-5-3-4-6-14(12)13/h3-6,13,15,17,23H,2,7-11H2,1H3/t13?,15?,17-/m0/s1. The Bertz CT molecular complexity index is 604. The number of ether oxygens (including phenoxy) is 1. The number of carbonyl (C=O) groups is 2. The van der Waals surface area contributed by atoms with Gasteiger partial charge in [0.2, 0.25) is 0 Å². The predicted molar refractivity (Wildman–Crippen MR) is 91.3 cm³/mol. The number of rotatable bonds is 5. The Morgan fingerprint density at radius 3 is 2.87 bits per heavy atom. The van der Waals surface area contributed by atoms with E-state index in [0.29, 0.717) is 26.0 Å². The number of esters is 1. The second kappa shape index (κ2) is 7.05. The SMILES string of the molecule is CCOC(=O)[C@@H]1C(C(=O)CC2CCc3ccccc32)CCN1S. The minimum absolute atomic E-state index is 0.168. The lowest BCUT2D eigenvalue weighted by molar-refractivity contribution is -0.149. The number of benzene rings is 1. The zero-order chi connectivity index (χ0) is 16.4. The first kappa shape index (κ1) is 16.5. The highest BCUT2D eigenvalue weighted by Gasteiger charge is 2.43. The molecule has 23 heavy (non-hydrogen) atoms. The normalized spacial score (nSPS) is 27.0. The van der Waals surface area contributed by atoms with Crippen molar-refractivity contribution in [3.8, 4) is 0 Å². The van der Waals surface area contributed by atoms with E-state index >= 15 is 0 Å². The first-order chi connectivity index (χ1) is 11.1. The number of Topliss-reactive ketones (excluding diaryl/α,β-unsaturated/α-hetero) is 1. The molecule has 5 heteroatoms. The van der Waals surface area contributed by atoms with Crippen LogP contribution in [0.3, 0.4) is 0 Å². The second-order valence-electron chi connectivity index (χ2n) is 6.36. The molecule has 0 amide bonds. The van der Waals surface area contributed by atoms with E-state index in [9.17, 15) is 9.59 Å². The molecule has 1 aliphatic carbocycles. The minimum atomic E-state index is -0.539. The van der Waals surface area contributed by atoms with E-state index in [0.717, 1.165) is 12.8 Å². The summed E-state index contributed by atoms with van der Waals surface area (Å²) in [5.74, 6) is -0.165. The number of hydrogen-bond acceptors (Lipinski definition) is 5. The molecule has 124 valence electrons. The van der Waals surface area contributed by atoms with Gasteiger partial charge in [-0.3, -0.25) is 9.59 Å². The van der Waals surface area contributed by atoms with Crippen molar-refractivity contribution in [1.29, 1.82) is 0 Å². The van der Waals surface area contributed by atoms with Crippen LogP contribution in [-0.2, 0) is 20.7 Å². The summed E-state index contributed by atoms with van der Waals surface area (Å²) < 4.78 is 6.78. The van der Waals surface area contributed by atoms with Gasteiger partial charge in [-0.1, -0.05) is 37.1 Å². The van der Waals surface area contributed by atoms with Crippen LogP contribution in [0.1, 0.15) is 43.2 Å². The molecule has 4 nitrogen and oxygen atoms in total. The molecule has 0 aromatic heterocycles. The van der Waals surface area contributed by atoms with Crippen molar-refractivity contribution < 1.29 is 14.3 Å². The summed E-state index contributed by atoms with van der Waals surface area (Å²) in [7, 11) is 0. The van der Waals surface area contributed by atoms with Crippen LogP contribution < -0.4 is 0 Å². The highest BCUT2D eigenvalue weighted by Crippen LogP contribution is 2.38. The Labute approximate surface area is 142 Å². The average Bonchev–Trinajstić information content (AvgIpc) is 3.12. The van der Waals surface area contributed by atoms with Crippen LogP contribution in [0.25, 0.3) is 0 Å². The molecule has 0 spiro atoms. The third-order valence-electron chi connectivity index (χ3n) is 5.02. The number of thiol groups is 1. The highest BCUT2D eigenvalue weighted by molar-refractivity contribution is 7.77. The van der Waals surface area contributed by atoms with E-state index in [-0.39, 0.29) is 23.6 Å². The molecule has 2 unspecified atom stereocenters. The quantitative estimate of drug-likeness (QED) is 0.665. The molecule has 3 rings (SSSR count). The van der Waals surface area contributed by atoms with Gasteiger partial charge in [0.15, 0.2) is 0 Å². The summed E-state index contributed by atoms with van der Waals surface area (Å²) >= 11 is 4.35. The number of aryl methyl sites for hydroxylation is 1. The zero-order valence-corrected chi connectivity index (χ0v) is 14.3. The summed E-state index contributed by atoms with van der Waals surface area (Å²) in [6.45, 7) is 2.75. The Balaban J connectivity index is 1.69. The smallest absolute Gasteiger partial charge is 0.324 e. The van der Waals surface area contributed by atoms with Crippen molar-refractivity contribution in [2.75, 3.05) is 13.2 Å². The molecule has 0 radical (unpaired) electrons. The number of nitrogens with zero attached hydrogens (tertiary/aromatic N) is 1. The lowest BCUT2D eigenvalue weighted by Crippen LogP contribution is -2.39. The van der Waals surface area contributed by atoms with E-state index in [4.69, 9.17) is 4.74 Å². The molecule has 1 saturated heterocycles. The Morgan fingerprint density at radius 1 is 1.30 bits per heavy atom. The molecule has 1 aliphatic heterocycles. The van der Waals surface area contributed by atoms with Gasteiger partial charge in [0.05, 0.1) is 6.61 Å². The van der Waals surface area contributed by atoms with E-state index < -0.39 is 6.04 Å². The summed E-state index contributed by atoms with van der Waals surface area (Å²) in [6.07, 6.45) is 3.25. The summed E-state index contributed by atoms with van der Waals surface area (Å²) in [5.41, 5.74) is 2.66. The molecule has 0 N–H and O–H groups in total. The molecule has 3 atom stereocenters. The van der Waals surface area contributed by atoms with Gasteiger partial charge < -0.3 is 4.74 Å². The van der Waals surface area contributed by atoms with Crippen molar-refractivity contribution >= 4 is 24.6 Å². The van der Waals surface area contributed by atoms with E-state index in [2.05, 4.69) is 31.0 Å². The molecule has 0 bridgehead atoms. The third kappa shape index (κ3) is 3.31. The molecular formula is C18H23NO3S. The number of fused-ring (bicyclic) bond motifs is 1. The van der Waals surface area contributed by atoms with Crippen molar-refractivity contribution in [3.05, 3.63) is 35.4 Å².